The van der Waals surface area contributed by atoms with Crippen molar-refractivity contribution in [2.45, 2.75) is 6.92 Å². The molecule has 90 valence electrons. The van der Waals surface area contributed by atoms with Crippen LogP contribution in [-0.2, 0) is 0 Å². The highest BCUT2D eigenvalue weighted by atomic mass is 16.1. The third-order valence-electron chi connectivity index (χ3n) is 2.92. The number of aryl methyl sites for hydroxylation is 1. The zero-order valence-electron chi connectivity index (χ0n) is 9.82. The van der Waals surface area contributed by atoms with E-state index in [9.17, 15) is 4.79 Å². The third-order valence-corrected chi connectivity index (χ3v) is 2.92. The van der Waals surface area contributed by atoms with Crippen molar-refractivity contribution < 1.29 is 0 Å². The second-order valence-corrected chi connectivity index (χ2v) is 4.16. The lowest BCUT2D eigenvalue weighted by Gasteiger charge is -2.03. The molecule has 4 N–H and O–H groups in total. The van der Waals surface area contributed by atoms with Crippen LogP contribution in [-0.4, -0.2) is 15.0 Å². The Morgan fingerprint density at radius 2 is 2.06 bits per heavy atom. The lowest BCUT2D eigenvalue weighted by atomic mass is 10.1. The molecule has 5 heteroatoms. The first-order valence-electron chi connectivity index (χ1n) is 5.59. The number of nitrogens with one attached hydrogen (secondary N) is 2. The monoisotopic (exact) mass is 240 g/mol. The van der Waals surface area contributed by atoms with Gasteiger partial charge in [0.15, 0.2) is 0 Å². The number of aromatic nitrogens is 3. The first-order valence-corrected chi connectivity index (χ1v) is 5.59. The van der Waals surface area contributed by atoms with Crippen LogP contribution in [0, 0.1) is 6.92 Å². The van der Waals surface area contributed by atoms with E-state index in [2.05, 4.69) is 15.0 Å². The molecule has 1 aromatic carbocycles. The Balaban J connectivity index is 2.37. The van der Waals surface area contributed by atoms with E-state index in [1.54, 1.807) is 13.1 Å². The van der Waals surface area contributed by atoms with Crippen LogP contribution in [0.15, 0.2) is 35.3 Å². The van der Waals surface area contributed by atoms with Crippen LogP contribution in [0.25, 0.3) is 22.0 Å². The number of hydrogen-bond acceptors (Lipinski definition) is 3. The van der Waals surface area contributed by atoms with Crippen molar-refractivity contribution in [1.29, 1.82) is 0 Å². The lowest BCUT2D eigenvalue weighted by Crippen LogP contribution is -2.15. The Labute approximate surface area is 103 Å². The van der Waals surface area contributed by atoms with Crippen molar-refractivity contribution in [3.63, 3.8) is 0 Å². The predicted octanol–water partition coefficient (Wildman–Crippen LogP) is 1.81. The van der Waals surface area contributed by atoms with E-state index in [1.165, 1.54) is 0 Å². The summed E-state index contributed by atoms with van der Waals surface area (Å²) in [6, 6.07) is 7.75. The van der Waals surface area contributed by atoms with Crippen LogP contribution >= 0.6 is 0 Å². The molecular formula is C13H12N4O. The Morgan fingerprint density at radius 1 is 1.28 bits per heavy atom. The molecule has 0 amide bonds. The van der Waals surface area contributed by atoms with Crippen molar-refractivity contribution in [3.8, 4) is 11.1 Å². The second-order valence-electron chi connectivity index (χ2n) is 4.16. The summed E-state index contributed by atoms with van der Waals surface area (Å²) in [6.45, 7) is 1.71. The fraction of sp³-hybridized carbons (Fsp3) is 0.0769. The predicted molar refractivity (Wildman–Crippen MR) is 71.3 cm³/mol. The molecule has 0 fully saturated rings. The maximum absolute atomic E-state index is 12.0. The van der Waals surface area contributed by atoms with Crippen molar-refractivity contribution in [2.75, 3.05) is 5.73 Å². The van der Waals surface area contributed by atoms with Gasteiger partial charge in [-0.05, 0) is 13.0 Å². The number of benzene rings is 1. The van der Waals surface area contributed by atoms with Gasteiger partial charge in [0.05, 0.1) is 5.56 Å². The molecule has 0 aliphatic carbocycles. The van der Waals surface area contributed by atoms with Gasteiger partial charge < -0.3 is 15.7 Å². The van der Waals surface area contributed by atoms with Gasteiger partial charge in [-0.2, -0.15) is 0 Å². The number of para-hydroxylation sites is 1. The fourth-order valence-electron chi connectivity index (χ4n) is 2.15. The number of fused-ring (bicyclic) bond motifs is 1. The van der Waals surface area contributed by atoms with E-state index >= 15 is 0 Å². The van der Waals surface area contributed by atoms with Crippen molar-refractivity contribution in [1.82, 2.24) is 15.0 Å². The maximum atomic E-state index is 12.0. The lowest BCUT2D eigenvalue weighted by molar-refractivity contribution is 1.03. The molecule has 0 bridgehead atoms. The molecule has 2 heterocycles. The van der Waals surface area contributed by atoms with Gasteiger partial charge >= 0.3 is 0 Å². The van der Waals surface area contributed by atoms with Crippen LogP contribution < -0.4 is 11.3 Å². The van der Waals surface area contributed by atoms with E-state index in [-0.39, 0.29) is 11.4 Å². The number of anilines is 1. The summed E-state index contributed by atoms with van der Waals surface area (Å²) in [6.07, 6.45) is 1.78. The first kappa shape index (κ1) is 10.6. The highest BCUT2D eigenvalue weighted by molar-refractivity contribution is 5.97. The average molecular weight is 240 g/mol. The number of nitrogens with two attached hydrogens (primary N) is 1. The Hall–Kier alpha value is -2.56. The molecule has 0 saturated carbocycles. The fourth-order valence-corrected chi connectivity index (χ4v) is 2.15. The topological polar surface area (TPSA) is 87.6 Å². The highest BCUT2D eigenvalue weighted by Crippen LogP contribution is 2.28. The molecule has 3 aromatic rings. The van der Waals surface area contributed by atoms with E-state index in [1.807, 2.05) is 24.3 Å². The number of nitrogens with zero attached hydrogens (tertiary/aromatic N) is 1. The Kier molecular flexibility index (Phi) is 2.19. The molecule has 0 spiro atoms. The zero-order chi connectivity index (χ0) is 12.7. The quantitative estimate of drug-likeness (QED) is 0.606. The summed E-state index contributed by atoms with van der Waals surface area (Å²) in [7, 11) is 0. The SMILES string of the molecule is Cc1nc(N)c(-c2c[nH]c3ccccc23)c(=O)[nH]1. The van der Waals surface area contributed by atoms with E-state index in [0.29, 0.717) is 11.4 Å². The molecule has 0 saturated heterocycles. The summed E-state index contributed by atoms with van der Waals surface area (Å²) in [5, 5.41) is 0.959. The number of aromatic amines is 2. The van der Waals surface area contributed by atoms with Gasteiger partial charge in [0, 0.05) is 22.7 Å². The summed E-state index contributed by atoms with van der Waals surface area (Å²) in [4.78, 5) is 21.9. The molecule has 3 rings (SSSR count). The molecule has 0 unspecified atom stereocenters. The third kappa shape index (κ3) is 1.48. The summed E-state index contributed by atoms with van der Waals surface area (Å²) < 4.78 is 0. The minimum absolute atomic E-state index is 0.218. The van der Waals surface area contributed by atoms with Gasteiger partial charge in [-0.25, -0.2) is 4.98 Å². The second kappa shape index (κ2) is 3.73. The van der Waals surface area contributed by atoms with Gasteiger partial charge in [0.25, 0.3) is 5.56 Å². The molecule has 2 aromatic heterocycles. The minimum Gasteiger partial charge on any atom is -0.383 e. The van der Waals surface area contributed by atoms with Gasteiger partial charge in [0.1, 0.15) is 11.6 Å². The Morgan fingerprint density at radius 3 is 2.83 bits per heavy atom. The zero-order valence-corrected chi connectivity index (χ0v) is 9.82. The molecule has 18 heavy (non-hydrogen) atoms. The van der Waals surface area contributed by atoms with Crippen LogP contribution in [0.2, 0.25) is 0 Å². The van der Waals surface area contributed by atoms with E-state index in [0.717, 1.165) is 16.5 Å². The minimum atomic E-state index is -0.218. The summed E-state index contributed by atoms with van der Waals surface area (Å²) in [5.74, 6) is 0.766. The summed E-state index contributed by atoms with van der Waals surface area (Å²) >= 11 is 0. The van der Waals surface area contributed by atoms with Crippen LogP contribution in [0.4, 0.5) is 5.82 Å². The highest BCUT2D eigenvalue weighted by Gasteiger charge is 2.14. The smallest absolute Gasteiger partial charge is 0.260 e. The van der Waals surface area contributed by atoms with Gasteiger partial charge in [-0.15, -0.1) is 0 Å². The normalized spacial score (nSPS) is 10.9. The number of rotatable bonds is 1. The van der Waals surface area contributed by atoms with Crippen molar-refractivity contribution >= 4 is 16.7 Å². The van der Waals surface area contributed by atoms with E-state index < -0.39 is 0 Å². The molecule has 0 aliphatic rings. The molecule has 0 aliphatic heterocycles. The maximum Gasteiger partial charge on any atom is 0.260 e. The number of hydrogen-bond donors (Lipinski definition) is 3. The summed E-state index contributed by atoms with van der Waals surface area (Å²) in [5.41, 5.74) is 7.80. The van der Waals surface area contributed by atoms with Crippen molar-refractivity contribution in [2.24, 2.45) is 0 Å². The molecule has 0 radical (unpaired) electrons. The largest absolute Gasteiger partial charge is 0.383 e. The number of nitrogen functional groups attached to an aromatic ring is 1. The van der Waals surface area contributed by atoms with Gasteiger partial charge in [-0.3, -0.25) is 4.79 Å². The van der Waals surface area contributed by atoms with Crippen molar-refractivity contribution in [3.05, 3.63) is 46.6 Å². The molecule has 0 atom stereocenters. The first-order chi connectivity index (χ1) is 8.66. The molecule has 5 nitrogen and oxygen atoms in total. The average Bonchev–Trinajstić information content (AvgIpc) is 2.72. The van der Waals surface area contributed by atoms with Crippen LogP contribution in [0.3, 0.4) is 0 Å². The van der Waals surface area contributed by atoms with Gasteiger partial charge in [0.2, 0.25) is 0 Å². The van der Waals surface area contributed by atoms with Crippen LogP contribution in [0.1, 0.15) is 5.82 Å². The van der Waals surface area contributed by atoms with E-state index in [4.69, 9.17) is 5.73 Å². The molecular weight excluding hydrogens is 228 g/mol. The van der Waals surface area contributed by atoms with Crippen LogP contribution in [0.5, 0.6) is 0 Å². The number of H-pyrrole nitrogens is 2. The Bertz CT molecular complexity index is 785. The van der Waals surface area contributed by atoms with Gasteiger partial charge in [-0.1, -0.05) is 18.2 Å². The standard InChI is InChI=1S/C13H12N4O/c1-7-16-12(14)11(13(18)17-7)9-6-15-10-5-3-2-4-8(9)10/h2-6,15H,1H3,(H3,14,16,17,18).